The molecule has 0 aromatic rings. The Balaban J connectivity index is 3.98. The average Bonchev–Trinajstić information content (AvgIpc) is 2.15. The first kappa shape index (κ1) is 14.8. The second kappa shape index (κ2) is 8.02. The lowest BCUT2D eigenvalue weighted by Gasteiger charge is -2.19. The van der Waals surface area contributed by atoms with Crippen LogP contribution in [-0.2, 0) is 26.7 Å². The molecule has 0 aliphatic heterocycles. The molecule has 0 rings (SSSR count). The predicted octanol–water partition coefficient (Wildman–Crippen LogP) is -3.57. The largest absolute Gasteiger partial charge is 0.765 e. The van der Waals surface area contributed by atoms with Crippen molar-refractivity contribution in [3.05, 3.63) is 0 Å². The van der Waals surface area contributed by atoms with Crippen LogP contribution in [0, 0.1) is 0 Å². The van der Waals surface area contributed by atoms with Crippen LogP contribution in [0.5, 0.6) is 0 Å². The lowest BCUT2D eigenvalue weighted by atomic mass is 10.9. The van der Waals surface area contributed by atoms with Crippen LogP contribution >= 0.6 is 0 Å². The first-order valence-corrected chi connectivity index (χ1v) is 7.50. The molecule has 92 valence electrons. The van der Waals surface area contributed by atoms with Gasteiger partial charge in [0, 0.05) is 0 Å². The molecule has 0 unspecified atom stereocenters. The first-order chi connectivity index (χ1) is 7.41. The van der Waals surface area contributed by atoms with Gasteiger partial charge in [0.05, 0.1) is 0 Å². The fourth-order valence-electron chi connectivity index (χ4n) is 0.551. The van der Waals surface area contributed by atoms with Crippen molar-refractivity contribution in [1.29, 1.82) is 0 Å². The molecule has 0 radical (unpaired) electrons. The van der Waals surface area contributed by atoms with E-state index in [0.717, 1.165) is 4.90 Å². The number of nitrogens with zero attached hydrogens (tertiary/aromatic N) is 1. The molecule has 3 N–H and O–H groups in total. The van der Waals surface area contributed by atoms with Gasteiger partial charge < -0.3 is 27.7 Å². The van der Waals surface area contributed by atoms with Crippen LogP contribution in [0.3, 0.4) is 0 Å². The molecule has 0 heterocycles. The van der Waals surface area contributed by atoms with E-state index in [-0.39, 0.29) is 0 Å². The lowest BCUT2D eigenvalue weighted by Crippen LogP contribution is -2.35. The topological polar surface area (TPSA) is 143 Å². The molecule has 0 aliphatic carbocycles. The Labute approximate surface area is 94.3 Å². The summed E-state index contributed by atoms with van der Waals surface area (Å²) in [5, 5.41) is 0. The molecule has 0 fully saturated rings. The monoisotopic (exact) mass is 287 g/mol. The van der Waals surface area contributed by atoms with Gasteiger partial charge in [-0.15, -0.1) is 0 Å². The summed E-state index contributed by atoms with van der Waals surface area (Å²) in [5.41, 5.74) is 0. The standard InChI is InChI=1S/C3H9NO9Si3/c5-14(6)11-1-4(2-12-15(7)8)3-13-16(9)10/h5,7,9H,1-3H2. The van der Waals surface area contributed by atoms with Crippen LogP contribution in [0.1, 0.15) is 0 Å². The second-order valence-corrected chi connectivity index (χ2v) is 4.75. The third-order valence-corrected chi connectivity index (χ3v) is 2.24. The van der Waals surface area contributed by atoms with Gasteiger partial charge in [-0.25, -0.2) is 4.90 Å². The summed E-state index contributed by atoms with van der Waals surface area (Å²) in [6, 6.07) is 0. The zero-order valence-corrected chi connectivity index (χ0v) is 10.9. The van der Waals surface area contributed by atoms with Crippen LogP contribution in [0.2, 0.25) is 0 Å². The van der Waals surface area contributed by atoms with Gasteiger partial charge in [0.2, 0.25) is 0 Å². The van der Waals surface area contributed by atoms with Crippen molar-refractivity contribution in [3.8, 4) is 0 Å². The maximum atomic E-state index is 10.2. The molecule has 0 aromatic carbocycles. The van der Waals surface area contributed by atoms with E-state index in [2.05, 4.69) is 13.3 Å². The molecule has 0 bridgehead atoms. The lowest BCUT2D eigenvalue weighted by molar-refractivity contribution is -0.0241. The van der Waals surface area contributed by atoms with E-state index in [1.807, 2.05) is 0 Å². The second-order valence-electron chi connectivity index (χ2n) is 2.29. The summed E-state index contributed by atoms with van der Waals surface area (Å²) >= 11 is 0. The third-order valence-electron chi connectivity index (χ3n) is 1.11. The van der Waals surface area contributed by atoms with Gasteiger partial charge in [0.25, 0.3) is 0 Å². The third kappa shape index (κ3) is 9.37. The van der Waals surface area contributed by atoms with Gasteiger partial charge in [0.1, 0.15) is 20.2 Å². The number of hydrogen-bond donors (Lipinski definition) is 3. The van der Waals surface area contributed by atoms with E-state index in [1.54, 1.807) is 0 Å². The van der Waals surface area contributed by atoms with Crippen LogP contribution in [-0.4, -0.2) is 67.0 Å². The molecule has 10 nitrogen and oxygen atoms in total. The van der Waals surface area contributed by atoms with E-state index in [4.69, 9.17) is 14.4 Å². The summed E-state index contributed by atoms with van der Waals surface area (Å²) < 4.78 is 43.6. The maximum absolute atomic E-state index is 10.2. The van der Waals surface area contributed by atoms with Gasteiger partial charge in [-0.1, -0.05) is 0 Å². The van der Waals surface area contributed by atoms with Crippen molar-refractivity contribution in [3.63, 3.8) is 0 Å². The molecule has 0 aromatic heterocycles. The summed E-state index contributed by atoms with van der Waals surface area (Å²) in [4.78, 5) is 26.1. The van der Waals surface area contributed by atoms with E-state index < -0.39 is 47.7 Å². The zero-order chi connectivity index (χ0) is 12.6. The van der Waals surface area contributed by atoms with Gasteiger partial charge >= 0.3 is 27.5 Å². The first-order valence-electron chi connectivity index (χ1n) is 3.71. The van der Waals surface area contributed by atoms with E-state index in [9.17, 15) is 13.4 Å². The fourth-order valence-corrected chi connectivity index (χ4v) is 1.43. The van der Waals surface area contributed by atoms with E-state index in [1.165, 1.54) is 0 Å². The fraction of sp³-hybridized carbons (Fsp3) is 1.00. The summed E-state index contributed by atoms with van der Waals surface area (Å²) in [6.07, 6.45) is 0. The predicted molar refractivity (Wildman–Crippen MR) is 45.7 cm³/mol. The Bertz CT molecular complexity index is 228. The van der Waals surface area contributed by atoms with Crippen LogP contribution in [0.4, 0.5) is 0 Å². The van der Waals surface area contributed by atoms with Crippen LogP contribution < -0.4 is 0 Å². The van der Waals surface area contributed by atoms with Crippen molar-refractivity contribution >= 4 is 27.5 Å². The minimum absolute atomic E-state index is 0.446. The average molecular weight is 287 g/mol. The molecule has 13 heteroatoms. The normalized spacial score (nSPS) is 9.56. The molecule has 16 heavy (non-hydrogen) atoms. The Hall–Kier alpha value is -1.19. The van der Waals surface area contributed by atoms with Crippen LogP contribution in [0.15, 0.2) is 0 Å². The molecule has 0 aliphatic rings. The minimum atomic E-state index is -3.17. The molecular weight excluding hydrogens is 278 g/mol. The number of rotatable bonds is 9. The van der Waals surface area contributed by atoms with Crippen LogP contribution in [0.25, 0.3) is 0 Å². The summed E-state index contributed by atoms with van der Waals surface area (Å²) in [6.45, 7) is -1.34. The van der Waals surface area contributed by atoms with E-state index in [0.29, 0.717) is 0 Å². The maximum Gasteiger partial charge on any atom is 0.765 e. The smallest absolute Gasteiger partial charge is 0.511 e. The summed E-state index contributed by atoms with van der Waals surface area (Å²) in [5.74, 6) is 0. The molecule has 0 amide bonds. The highest BCUT2D eigenvalue weighted by Gasteiger charge is 2.15. The van der Waals surface area contributed by atoms with Crippen molar-refractivity contribution in [1.82, 2.24) is 4.90 Å². The SMILES string of the molecule is O=[Si](O)OCN(CO[Si](=O)O)CO[Si](=O)O. The Morgan fingerprint density at radius 3 is 1.19 bits per heavy atom. The Morgan fingerprint density at radius 2 is 1.00 bits per heavy atom. The highest BCUT2D eigenvalue weighted by atomic mass is 28.3. The molecule has 0 atom stereocenters. The minimum Gasteiger partial charge on any atom is -0.511 e. The number of hydrogen-bond acceptors (Lipinski definition) is 7. The van der Waals surface area contributed by atoms with Crippen molar-refractivity contribution in [2.75, 3.05) is 20.2 Å². The van der Waals surface area contributed by atoms with Gasteiger partial charge in [-0.3, -0.25) is 13.4 Å². The van der Waals surface area contributed by atoms with Crippen molar-refractivity contribution in [2.24, 2.45) is 0 Å². The van der Waals surface area contributed by atoms with Crippen molar-refractivity contribution in [2.45, 2.75) is 0 Å². The molecule has 0 saturated heterocycles. The van der Waals surface area contributed by atoms with E-state index >= 15 is 0 Å². The molecule has 0 spiro atoms. The quantitative estimate of drug-likeness (QED) is 0.288. The van der Waals surface area contributed by atoms with Crippen molar-refractivity contribution < 1.29 is 41.1 Å². The highest BCUT2D eigenvalue weighted by Crippen LogP contribution is 1.91. The molecular formula is C3H9NO9Si3. The Kier molecular flexibility index (Phi) is 7.42. The Morgan fingerprint density at radius 1 is 0.750 bits per heavy atom. The zero-order valence-electron chi connectivity index (χ0n) is 7.86. The molecule has 0 saturated carbocycles. The summed E-state index contributed by atoms with van der Waals surface area (Å²) in [7, 11) is -9.52. The highest BCUT2D eigenvalue weighted by molar-refractivity contribution is 6.24. The van der Waals surface area contributed by atoms with Gasteiger partial charge in [-0.05, 0) is 0 Å². The van der Waals surface area contributed by atoms with Gasteiger partial charge in [-0.2, -0.15) is 0 Å². The van der Waals surface area contributed by atoms with Gasteiger partial charge in [0.15, 0.2) is 0 Å².